The summed E-state index contributed by atoms with van der Waals surface area (Å²) in [6, 6.07) is 0. The zero-order valence-corrected chi connectivity index (χ0v) is 15.1. The molecule has 0 radical (unpaired) electrons. The van der Waals surface area contributed by atoms with Gasteiger partial charge in [0.2, 0.25) is 0 Å². The fraction of sp³-hybridized carbons (Fsp3) is 0.667. The number of rotatable bonds is 2. The van der Waals surface area contributed by atoms with Crippen LogP contribution in [0.3, 0.4) is 0 Å². The van der Waals surface area contributed by atoms with Crippen molar-refractivity contribution in [2.45, 2.75) is 52.0 Å². The van der Waals surface area contributed by atoms with Crippen molar-refractivity contribution in [1.82, 2.24) is 29.2 Å². The van der Waals surface area contributed by atoms with Crippen molar-refractivity contribution in [3.63, 3.8) is 0 Å². The first-order chi connectivity index (χ1) is 12.1. The van der Waals surface area contributed by atoms with Crippen LogP contribution in [-0.4, -0.2) is 48.2 Å². The van der Waals surface area contributed by atoms with Crippen LogP contribution < -0.4 is 0 Å². The lowest BCUT2D eigenvalue weighted by molar-refractivity contribution is 0.0527. The number of piperidine rings is 1. The highest BCUT2D eigenvalue weighted by Gasteiger charge is 2.38. The number of fused-ring (bicyclic) bond motifs is 1. The molecule has 0 N–H and O–H groups in total. The smallest absolute Gasteiger partial charge is 0.272 e. The van der Waals surface area contributed by atoms with Gasteiger partial charge in [0.15, 0.2) is 0 Å². The molecular formula is C18H26N6O. The second-order valence-electron chi connectivity index (χ2n) is 7.47. The Bertz CT molecular complexity index is 768. The molecule has 0 atom stereocenters. The van der Waals surface area contributed by atoms with Crippen molar-refractivity contribution >= 4 is 5.91 Å². The van der Waals surface area contributed by atoms with Crippen LogP contribution in [0.15, 0.2) is 12.5 Å². The molecular weight excluding hydrogens is 316 g/mol. The number of carbonyl (C=O) groups excluding carboxylic acids is 1. The number of imidazole rings is 1. The van der Waals surface area contributed by atoms with Gasteiger partial charge in [0.25, 0.3) is 5.91 Å². The summed E-state index contributed by atoms with van der Waals surface area (Å²) in [4.78, 5) is 18.7. The van der Waals surface area contributed by atoms with Gasteiger partial charge in [-0.3, -0.25) is 4.79 Å². The van der Waals surface area contributed by atoms with Crippen molar-refractivity contribution in [3.8, 4) is 0 Å². The number of hydrogen-bond donors (Lipinski definition) is 0. The summed E-state index contributed by atoms with van der Waals surface area (Å²) in [5, 5.41) is 8.71. The number of likely N-dealkylation sites (tertiary alicyclic amines) is 1. The molecule has 0 bridgehead atoms. The molecule has 4 rings (SSSR count). The fourth-order valence-corrected chi connectivity index (χ4v) is 4.34. The maximum absolute atomic E-state index is 12.7. The van der Waals surface area contributed by atoms with Gasteiger partial charge in [0, 0.05) is 39.5 Å². The maximum atomic E-state index is 12.7. The minimum Gasteiger partial charge on any atom is -0.337 e. The fourth-order valence-electron chi connectivity index (χ4n) is 4.34. The first-order valence-corrected chi connectivity index (χ1v) is 9.28. The number of amides is 1. The summed E-state index contributed by atoms with van der Waals surface area (Å²) in [6.45, 7) is 4.83. The number of aryl methyl sites for hydroxylation is 3. The monoisotopic (exact) mass is 342 g/mol. The van der Waals surface area contributed by atoms with Gasteiger partial charge in [-0.15, -0.1) is 10.2 Å². The van der Waals surface area contributed by atoms with Crippen LogP contribution in [0.1, 0.15) is 54.7 Å². The second-order valence-corrected chi connectivity index (χ2v) is 7.47. The van der Waals surface area contributed by atoms with Gasteiger partial charge in [0.05, 0.1) is 12.5 Å². The second kappa shape index (κ2) is 6.28. The van der Waals surface area contributed by atoms with E-state index in [0.717, 1.165) is 63.4 Å². The van der Waals surface area contributed by atoms with Crippen molar-refractivity contribution in [2.24, 2.45) is 12.5 Å². The van der Waals surface area contributed by atoms with E-state index in [1.54, 1.807) is 17.1 Å². The zero-order chi connectivity index (χ0) is 17.4. The van der Waals surface area contributed by atoms with Crippen molar-refractivity contribution in [3.05, 3.63) is 29.9 Å². The van der Waals surface area contributed by atoms with Crippen LogP contribution in [0, 0.1) is 5.41 Å². The molecule has 25 heavy (non-hydrogen) atoms. The van der Waals surface area contributed by atoms with E-state index < -0.39 is 0 Å². The Kier molecular flexibility index (Phi) is 4.09. The third-order valence-corrected chi connectivity index (χ3v) is 6.11. The third kappa shape index (κ3) is 2.85. The van der Waals surface area contributed by atoms with Gasteiger partial charge in [-0.25, -0.2) is 4.98 Å². The number of hydrogen-bond acceptors (Lipinski definition) is 4. The van der Waals surface area contributed by atoms with E-state index in [1.165, 1.54) is 6.42 Å². The lowest BCUT2D eigenvalue weighted by Gasteiger charge is -2.41. The van der Waals surface area contributed by atoms with Crippen LogP contribution in [0.4, 0.5) is 0 Å². The van der Waals surface area contributed by atoms with Crippen LogP contribution in [-0.2, 0) is 26.4 Å². The van der Waals surface area contributed by atoms with Gasteiger partial charge in [-0.05, 0) is 31.1 Å². The molecule has 2 aromatic heterocycles. The van der Waals surface area contributed by atoms with Crippen LogP contribution in [0.5, 0.6) is 0 Å². The lowest BCUT2D eigenvalue weighted by Crippen LogP contribution is -2.43. The average molecular weight is 342 g/mol. The van der Waals surface area contributed by atoms with Gasteiger partial charge in [-0.2, -0.15) is 0 Å². The molecule has 1 spiro atoms. The zero-order valence-electron chi connectivity index (χ0n) is 15.1. The summed E-state index contributed by atoms with van der Waals surface area (Å²) >= 11 is 0. The Morgan fingerprint density at radius 1 is 1.16 bits per heavy atom. The number of carbonyl (C=O) groups is 1. The Morgan fingerprint density at radius 2 is 1.92 bits per heavy atom. The molecule has 0 aliphatic carbocycles. The Labute approximate surface area is 148 Å². The molecule has 7 nitrogen and oxygen atoms in total. The van der Waals surface area contributed by atoms with Gasteiger partial charge < -0.3 is 14.0 Å². The Balaban J connectivity index is 1.42. The van der Waals surface area contributed by atoms with E-state index in [4.69, 9.17) is 0 Å². The SMILES string of the molecule is CCc1nnc2n1CCC1(CC2)CCN(C(=O)c2cncn2C)CC1. The van der Waals surface area contributed by atoms with E-state index >= 15 is 0 Å². The minimum atomic E-state index is 0.105. The molecule has 7 heteroatoms. The normalized spacial score (nSPS) is 19.7. The molecule has 0 aromatic carbocycles. The largest absolute Gasteiger partial charge is 0.337 e. The third-order valence-electron chi connectivity index (χ3n) is 6.11. The molecule has 0 unspecified atom stereocenters. The lowest BCUT2D eigenvalue weighted by atomic mass is 9.72. The predicted octanol–water partition coefficient (Wildman–Crippen LogP) is 1.83. The molecule has 4 heterocycles. The van der Waals surface area contributed by atoms with Crippen molar-refractivity contribution in [2.75, 3.05) is 13.1 Å². The molecule has 2 aromatic rings. The van der Waals surface area contributed by atoms with Crippen LogP contribution in [0.25, 0.3) is 0 Å². The van der Waals surface area contributed by atoms with E-state index in [2.05, 4.69) is 26.7 Å². The van der Waals surface area contributed by atoms with Crippen LogP contribution in [0.2, 0.25) is 0 Å². The molecule has 0 saturated carbocycles. The molecule has 1 saturated heterocycles. The first kappa shape index (κ1) is 16.3. The van der Waals surface area contributed by atoms with E-state index in [9.17, 15) is 4.79 Å². The van der Waals surface area contributed by atoms with Crippen LogP contribution >= 0.6 is 0 Å². The Hall–Kier alpha value is -2.18. The topological polar surface area (TPSA) is 68.8 Å². The highest BCUT2D eigenvalue weighted by atomic mass is 16.2. The molecule has 1 amide bonds. The summed E-state index contributed by atoms with van der Waals surface area (Å²) in [7, 11) is 1.87. The average Bonchev–Trinajstić information content (AvgIpc) is 3.20. The standard InChI is InChI=1S/C18H26N6O/c1-3-15-20-21-16-4-5-18(8-11-24(15)16)6-9-23(10-7-18)17(25)14-12-19-13-22(14)2/h12-13H,3-11H2,1-2H3. The molecule has 2 aliphatic heterocycles. The van der Waals surface area contributed by atoms with E-state index in [-0.39, 0.29) is 5.91 Å². The number of nitrogens with zero attached hydrogens (tertiary/aromatic N) is 6. The summed E-state index contributed by atoms with van der Waals surface area (Å²) in [5.74, 6) is 2.35. The number of aromatic nitrogens is 5. The molecule has 1 fully saturated rings. The van der Waals surface area contributed by atoms with Gasteiger partial charge in [-0.1, -0.05) is 6.92 Å². The van der Waals surface area contributed by atoms with Gasteiger partial charge >= 0.3 is 0 Å². The van der Waals surface area contributed by atoms with Crippen molar-refractivity contribution in [1.29, 1.82) is 0 Å². The van der Waals surface area contributed by atoms with E-state index in [1.807, 2.05) is 11.9 Å². The molecule has 134 valence electrons. The minimum absolute atomic E-state index is 0.105. The Morgan fingerprint density at radius 3 is 2.60 bits per heavy atom. The first-order valence-electron chi connectivity index (χ1n) is 9.28. The summed E-state index contributed by atoms with van der Waals surface area (Å²) < 4.78 is 4.12. The summed E-state index contributed by atoms with van der Waals surface area (Å²) in [5.41, 5.74) is 1.02. The van der Waals surface area contributed by atoms with Gasteiger partial charge in [0.1, 0.15) is 17.3 Å². The molecule has 2 aliphatic rings. The van der Waals surface area contributed by atoms with E-state index in [0.29, 0.717) is 11.1 Å². The maximum Gasteiger partial charge on any atom is 0.272 e. The summed E-state index contributed by atoms with van der Waals surface area (Å²) in [6.07, 6.45) is 9.77. The highest BCUT2D eigenvalue weighted by molar-refractivity contribution is 5.92. The predicted molar refractivity (Wildman–Crippen MR) is 93.1 cm³/mol. The quantitative estimate of drug-likeness (QED) is 0.835. The van der Waals surface area contributed by atoms with Crippen molar-refractivity contribution < 1.29 is 4.79 Å². The highest BCUT2D eigenvalue weighted by Crippen LogP contribution is 2.41.